The van der Waals surface area contributed by atoms with Gasteiger partial charge in [-0.3, -0.25) is 4.90 Å². The van der Waals surface area contributed by atoms with Gasteiger partial charge in [-0.05, 0) is 52.8 Å². The van der Waals surface area contributed by atoms with E-state index in [0.717, 1.165) is 0 Å². The van der Waals surface area contributed by atoms with Crippen molar-refractivity contribution in [1.29, 1.82) is 5.26 Å². The summed E-state index contributed by atoms with van der Waals surface area (Å²) in [5.74, 6) is -1.97. The van der Waals surface area contributed by atoms with E-state index < -0.39 is 56.0 Å². The molecule has 2 aliphatic rings. The molecule has 0 aliphatic carbocycles. The Bertz CT molecular complexity index is 734. The van der Waals surface area contributed by atoms with Crippen molar-refractivity contribution in [3.63, 3.8) is 0 Å². The van der Waals surface area contributed by atoms with E-state index in [1.807, 2.05) is 6.07 Å². The van der Waals surface area contributed by atoms with Crippen LogP contribution in [0, 0.1) is 17.2 Å². The summed E-state index contributed by atoms with van der Waals surface area (Å²) in [5, 5.41) is 9.62. The van der Waals surface area contributed by atoms with Crippen LogP contribution in [0.25, 0.3) is 0 Å². The number of amides is 1. The number of hydrogen-bond donors (Lipinski definition) is 0. The highest BCUT2D eigenvalue weighted by atomic mass is 28.4. The van der Waals surface area contributed by atoms with Crippen molar-refractivity contribution in [1.82, 2.24) is 4.90 Å². The van der Waals surface area contributed by atoms with Crippen LogP contribution in [-0.2, 0) is 23.4 Å². The molecule has 2 heterocycles. The maximum Gasteiger partial charge on any atom is 0.411 e. The summed E-state index contributed by atoms with van der Waals surface area (Å²) in [7, 11) is -2.14. The van der Waals surface area contributed by atoms with E-state index in [1.165, 1.54) is 4.90 Å². The molecule has 1 amide bonds. The van der Waals surface area contributed by atoms with Crippen LogP contribution in [0.2, 0.25) is 18.1 Å². The lowest BCUT2D eigenvalue weighted by atomic mass is 9.97. The fraction of sp³-hybridized carbons (Fsp3) is 0.864. The molecule has 9 heteroatoms. The van der Waals surface area contributed by atoms with Gasteiger partial charge in [-0.2, -0.15) is 5.26 Å². The Morgan fingerprint density at radius 1 is 1.19 bits per heavy atom. The smallest absolute Gasteiger partial charge is 0.411 e. The molecule has 1 unspecified atom stereocenters. The molecular formula is C22H38N2O6Si. The quantitative estimate of drug-likeness (QED) is 0.459. The lowest BCUT2D eigenvalue weighted by molar-refractivity contribution is -0.170. The van der Waals surface area contributed by atoms with Crippen LogP contribution in [0.15, 0.2) is 0 Å². The average molecular weight is 455 g/mol. The molecule has 8 nitrogen and oxygen atoms in total. The average Bonchev–Trinajstić information content (AvgIpc) is 3.03. The molecule has 2 fully saturated rings. The van der Waals surface area contributed by atoms with Crippen LogP contribution < -0.4 is 0 Å². The Balaban J connectivity index is 2.47. The SMILES string of the molecule is CC(C)(C)OC(=O)N1[C@H](CO[Si](C)(C)C(C)(C)C)[C@H]2OC(C)(C)O[C@H]2[C@@H]1C(C#N)C=O. The lowest BCUT2D eigenvalue weighted by Gasteiger charge is -2.40. The number of likely N-dealkylation sites (tertiary alicyclic amines) is 1. The number of carbonyl (C=O) groups excluding carboxylic acids is 2. The Kier molecular flexibility index (Phi) is 7.04. The van der Waals surface area contributed by atoms with Crippen molar-refractivity contribution in [3.05, 3.63) is 0 Å². The van der Waals surface area contributed by atoms with Gasteiger partial charge in [0.15, 0.2) is 14.1 Å². The number of hydrogen-bond acceptors (Lipinski definition) is 7. The van der Waals surface area contributed by atoms with E-state index in [1.54, 1.807) is 34.6 Å². The Morgan fingerprint density at radius 3 is 2.19 bits per heavy atom. The van der Waals surface area contributed by atoms with Crippen molar-refractivity contribution in [2.75, 3.05) is 6.61 Å². The van der Waals surface area contributed by atoms with Crippen LogP contribution in [0.5, 0.6) is 0 Å². The molecule has 0 spiro atoms. The first-order valence-electron chi connectivity index (χ1n) is 10.8. The number of rotatable bonds is 5. The molecule has 2 aliphatic heterocycles. The fourth-order valence-electron chi connectivity index (χ4n) is 3.74. The van der Waals surface area contributed by atoms with Gasteiger partial charge in [0.1, 0.15) is 30.0 Å². The highest BCUT2D eigenvalue weighted by Gasteiger charge is 2.62. The first kappa shape index (κ1) is 25.8. The number of carbonyl (C=O) groups is 2. The third-order valence-electron chi connectivity index (χ3n) is 6.25. The van der Waals surface area contributed by atoms with E-state index in [9.17, 15) is 14.9 Å². The molecule has 0 aromatic rings. The molecule has 0 saturated carbocycles. The maximum absolute atomic E-state index is 13.3. The first-order valence-corrected chi connectivity index (χ1v) is 13.7. The summed E-state index contributed by atoms with van der Waals surface area (Å²) in [6.07, 6.45) is -1.22. The molecule has 176 valence electrons. The van der Waals surface area contributed by atoms with Gasteiger partial charge in [-0.25, -0.2) is 4.79 Å². The summed E-state index contributed by atoms with van der Waals surface area (Å²) in [6.45, 7) is 19.8. The first-order chi connectivity index (χ1) is 13.9. The minimum Gasteiger partial charge on any atom is -0.444 e. The van der Waals surface area contributed by atoms with Crippen LogP contribution in [0.3, 0.4) is 0 Å². The molecule has 0 radical (unpaired) electrons. The van der Waals surface area contributed by atoms with Crippen LogP contribution in [0.4, 0.5) is 4.79 Å². The Morgan fingerprint density at radius 2 is 1.74 bits per heavy atom. The van der Waals surface area contributed by atoms with Gasteiger partial charge >= 0.3 is 6.09 Å². The maximum atomic E-state index is 13.3. The van der Waals surface area contributed by atoms with Crippen molar-refractivity contribution >= 4 is 20.7 Å². The van der Waals surface area contributed by atoms with E-state index in [-0.39, 0.29) is 11.6 Å². The van der Waals surface area contributed by atoms with Gasteiger partial charge in [0.2, 0.25) is 0 Å². The fourth-order valence-corrected chi connectivity index (χ4v) is 4.76. The summed E-state index contributed by atoms with van der Waals surface area (Å²) in [6, 6.07) is 0.646. The largest absolute Gasteiger partial charge is 0.444 e. The van der Waals surface area contributed by atoms with Crippen molar-refractivity contribution in [3.8, 4) is 6.07 Å². The molecule has 0 aromatic heterocycles. The highest BCUT2D eigenvalue weighted by Crippen LogP contribution is 2.44. The standard InChI is InChI=1S/C22H38N2O6Si/c1-20(2,3)30-19(26)24-15(13-27-31(9,10)21(4,5)6)17-18(29-22(7,8)28-17)16(24)14(11-23)12-25/h12,14-18H,13H2,1-10H3/t14?,15-,16+,17-,18+/m1/s1. The number of ether oxygens (including phenoxy) is 3. The Hall–Kier alpha value is -1.47. The van der Waals surface area contributed by atoms with E-state index >= 15 is 0 Å². The zero-order valence-corrected chi connectivity index (χ0v) is 21.5. The van der Waals surface area contributed by atoms with E-state index in [4.69, 9.17) is 18.6 Å². The summed E-state index contributed by atoms with van der Waals surface area (Å²) in [4.78, 5) is 26.5. The second-order valence-electron chi connectivity index (χ2n) is 11.4. The van der Waals surface area contributed by atoms with Gasteiger partial charge in [-0.1, -0.05) is 20.8 Å². The topological polar surface area (TPSA) is 98.1 Å². The minimum absolute atomic E-state index is 0.0224. The van der Waals surface area contributed by atoms with Gasteiger partial charge < -0.3 is 23.4 Å². The van der Waals surface area contributed by atoms with Gasteiger partial charge in [0.25, 0.3) is 0 Å². The molecule has 31 heavy (non-hydrogen) atoms. The van der Waals surface area contributed by atoms with Crippen LogP contribution in [0.1, 0.15) is 55.4 Å². The minimum atomic E-state index is -2.14. The van der Waals surface area contributed by atoms with Gasteiger partial charge in [0, 0.05) is 0 Å². The van der Waals surface area contributed by atoms with E-state index in [2.05, 4.69) is 33.9 Å². The van der Waals surface area contributed by atoms with Gasteiger partial charge in [0.05, 0.1) is 24.8 Å². The number of fused-ring (bicyclic) bond motifs is 1. The normalized spacial score (nSPS) is 29.3. The van der Waals surface area contributed by atoms with Gasteiger partial charge in [-0.15, -0.1) is 0 Å². The zero-order valence-electron chi connectivity index (χ0n) is 20.5. The summed E-state index contributed by atoms with van der Waals surface area (Å²) >= 11 is 0. The second-order valence-corrected chi connectivity index (χ2v) is 16.2. The number of aldehydes is 1. The van der Waals surface area contributed by atoms with Crippen molar-refractivity contribution < 1.29 is 28.2 Å². The molecule has 0 aromatic carbocycles. The van der Waals surface area contributed by atoms with Crippen LogP contribution in [-0.4, -0.2) is 67.9 Å². The number of nitriles is 1. The van der Waals surface area contributed by atoms with E-state index in [0.29, 0.717) is 6.29 Å². The summed E-state index contributed by atoms with van der Waals surface area (Å²) in [5.41, 5.74) is -0.742. The third-order valence-corrected chi connectivity index (χ3v) is 10.7. The summed E-state index contributed by atoms with van der Waals surface area (Å²) < 4.78 is 24.3. The predicted molar refractivity (Wildman–Crippen MR) is 118 cm³/mol. The highest BCUT2D eigenvalue weighted by molar-refractivity contribution is 6.74. The Labute approximate surface area is 187 Å². The lowest BCUT2D eigenvalue weighted by Crippen LogP contribution is -2.53. The van der Waals surface area contributed by atoms with Crippen molar-refractivity contribution in [2.45, 2.75) is 109 Å². The zero-order chi connectivity index (χ0) is 24.0. The molecule has 0 bridgehead atoms. The monoisotopic (exact) mass is 454 g/mol. The molecule has 2 rings (SSSR count). The predicted octanol–water partition coefficient (Wildman–Crippen LogP) is 3.85. The third kappa shape index (κ3) is 5.48. The second kappa shape index (κ2) is 8.47. The molecular weight excluding hydrogens is 416 g/mol. The molecule has 0 N–H and O–H groups in total. The van der Waals surface area contributed by atoms with Crippen LogP contribution >= 0.6 is 0 Å². The molecule has 2 saturated heterocycles. The number of nitrogens with zero attached hydrogens (tertiary/aromatic N) is 2. The van der Waals surface area contributed by atoms with Crippen molar-refractivity contribution in [2.24, 2.45) is 5.92 Å². The molecule has 5 atom stereocenters.